The van der Waals surface area contributed by atoms with Gasteiger partial charge in [-0.2, -0.15) is 0 Å². The van der Waals surface area contributed by atoms with Crippen molar-refractivity contribution < 1.29 is 38.4 Å². The number of rotatable bonds is 9. The fraction of sp³-hybridized carbons (Fsp3) is 0.417. The Hall–Kier alpha value is -2.78. The number of carbonyl (C=O) groups is 2. The fourth-order valence-electron chi connectivity index (χ4n) is 3.40. The van der Waals surface area contributed by atoms with E-state index in [0.717, 1.165) is 11.1 Å². The summed E-state index contributed by atoms with van der Waals surface area (Å²) in [5.74, 6) is -1.10. The highest BCUT2D eigenvalue weighted by molar-refractivity contribution is 5.66. The number of ether oxygens (including phenoxy) is 5. The van der Waals surface area contributed by atoms with Crippen molar-refractivity contribution >= 4 is 11.9 Å². The SMILES string of the molecule is CC(=O)OCC1O[C@@H](OC(C)=O)[C@H](OCc2ccccc2)C(O)[C@@H]1OCc1ccccc1. The van der Waals surface area contributed by atoms with E-state index in [1.165, 1.54) is 13.8 Å². The summed E-state index contributed by atoms with van der Waals surface area (Å²) in [5, 5.41) is 11.1. The molecule has 1 aliphatic rings. The standard InChI is InChI=1S/C24H28O8/c1-16(25)28-15-20-22(29-13-18-9-5-3-6-10-18)21(27)23(24(32-20)31-17(2)26)30-14-19-11-7-4-8-12-19/h3-12,20-24,27H,13-15H2,1-2H3/t20?,21?,22-,23-,24-/m1/s1. The lowest BCUT2D eigenvalue weighted by atomic mass is 9.98. The molecule has 2 aromatic carbocycles. The molecule has 0 spiro atoms. The first-order valence-corrected chi connectivity index (χ1v) is 10.4. The Balaban J connectivity index is 1.77. The van der Waals surface area contributed by atoms with Crippen LogP contribution in [0.25, 0.3) is 0 Å². The molecule has 0 saturated carbocycles. The summed E-state index contributed by atoms with van der Waals surface area (Å²) in [4.78, 5) is 23.0. The van der Waals surface area contributed by atoms with Gasteiger partial charge in [-0.25, -0.2) is 0 Å². The second-order valence-corrected chi connectivity index (χ2v) is 7.47. The molecule has 1 fully saturated rings. The summed E-state index contributed by atoms with van der Waals surface area (Å²) < 4.78 is 28.1. The van der Waals surface area contributed by atoms with Gasteiger partial charge in [0, 0.05) is 13.8 Å². The molecule has 0 bridgehead atoms. The number of hydrogen-bond acceptors (Lipinski definition) is 8. The molecule has 5 atom stereocenters. The van der Waals surface area contributed by atoms with Crippen LogP contribution in [0.5, 0.6) is 0 Å². The van der Waals surface area contributed by atoms with E-state index in [1.54, 1.807) is 0 Å². The molecular formula is C24H28O8. The van der Waals surface area contributed by atoms with Crippen LogP contribution in [-0.2, 0) is 46.5 Å². The van der Waals surface area contributed by atoms with Gasteiger partial charge in [-0.1, -0.05) is 60.7 Å². The molecule has 32 heavy (non-hydrogen) atoms. The first kappa shape index (κ1) is 23.9. The quantitative estimate of drug-likeness (QED) is 0.589. The summed E-state index contributed by atoms with van der Waals surface area (Å²) in [6.07, 6.45) is -5.15. The number of hydrogen-bond donors (Lipinski definition) is 1. The second-order valence-electron chi connectivity index (χ2n) is 7.47. The average Bonchev–Trinajstić information content (AvgIpc) is 2.77. The number of carbonyl (C=O) groups excluding carboxylic acids is 2. The minimum atomic E-state index is -1.21. The van der Waals surface area contributed by atoms with Crippen molar-refractivity contribution in [2.75, 3.05) is 6.61 Å². The van der Waals surface area contributed by atoms with Crippen molar-refractivity contribution in [2.45, 2.75) is 57.8 Å². The number of esters is 2. The van der Waals surface area contributed by atoms with Crippen LogP contribution in [0.2, 0.25) is 0 Å². The van der Waals surface area contributed by atoms with E-state index in [4.69, 9.17) is 23.7 Å². The van der Waals surface area contributed by atoms with E-state index in [2.05, 4.69) is 0 Å². The lowest BCUT2D eigenvalue weighted by Crippen LogP contribution is -2.61. The van der Waals surface area contributed by atoms with Gasteiger partial charge < -0.3 is 28.8 Å². The Bertz CT molecular complexity index is 857. The Morgan fingerprint density at radius 3 is 1.88 bits per heavy atom. The highest BCUT2D eigenvalue weighted by Gasteiger charge is 2.48. The molecular weight excluding hydrogens is 416 g/mol. The van der Waals surface area contributed by atoms with Gasteiger partial charge in [0.1, 0.15) is 31.0 Å². The molecule has 1 N–H and O–H groups in total. The molecule has 0 aromatic heterocycles. The summed E-state index contributed by atoms with van der Waals surface area (Å²) in [5.41, 5.74) is 1.78. The highest BCUT2D eigenvalue weighted by Crippen LogP contribution is 2.28. The maximum atomic E-state index is 11.6. The minimum absolute atomic E-state index is 0.170. The van der Waals surface area contributed by atoms with E-state index >= 15 is 0 Å². The van der Waals surface area contributed by atoms with Crippen LogP contribution in [0.1, 0.15) is 25.0 Å². The second kappa shape index (κ2) is 11.7. The van der Waals surface area contributed by atoms with E-state index in [0.29, 0.717) is 0 Å². The normalized spacial score (nSPS) is 25.2. The average molecular weight is 444 g/mol. The molecule has 8 heteroatoms. The van der Waals surface area contributed by atoms with Crippen LogP contribution < -0.4 is 0 Å². The molecule has 0 aliphatic carbocycles. The number of aliphatic hydroxyl groups is 1. The predicted octanol–water partition coefficient (Wildman–Crippen LogP) is 2.37. The minimum Gasteiger partial charge on any atom is -0.463 e. The molecule has 1 saturated heterocycles. The van der Waals surface area contributed by atoms with Crippen molar-refractivity contribution in [3.63, 3.8) is 0 Å². The maximum absolute atomic E-state index is 11.6. The van der Waals surface area contributed by atoms with E-state index in [9.17, 15) is 14.7 Å². The zero-order valence-corrected chi connectivity index (χ0v) is 18.1. The van der Waals surface area contributed by atoms with Crippen molar-refractivity contribution in [3.05, 3.63) is 71.8 Å². The van der Waals surface area contributed by atoms with Gasteiger partial charge in [0.25, 0.3) is 0 Å². The van der Waals surface area contributed by atoms with Crippen LogP contribution in [0, 0.1) is 0 Å². The third-order valence-electron chi connectivity index (χ3n) is 4.92. The third-order valence-corrected chi connectivity index (χ3v) is 4.92. The van der Waals surface area contributed by atoms with Gasteiger partial charge >= 0.3 is 11.9 Å². The Labute approximate surface area is 187 Å². The molecule has 0 amide bonds. The lowest BCUT2D eigenvalue weighted by molar-refractivity contribution is -0.310. The summed E-state index contributed by atoms with van der Waals surface area (Å²) in [6.45, 7) is 2.71. The van der Waals surface area contributed by atoms with Gasteiger partial charge in [-0.05, 0) is 11.1 Å². The largest absolute Gasteiger partial charge is 0.463 e. The van der Waals surface area contributed by atoms with Crippen LogP contribution in [0.15, 0.2) is 60.7 Å². The van der Waals surface area contributed by atoms with Gasteiger partial charge in [0.2, 0.25) is 6.29 Å². The molecule has 1 heterocycles. The molecule has 3 rings (SSSR count). The predicted molar refractivity (Wildman–Crippen MR) is 113 cm³/mol. The van der Waals surface area contributed by atoms with Gasteiger partial charge in [-0.3, -0.25) is 9.59 Å². The van der Waals surface area contributed by atoms with E-state index < -0.39 is 42.6 Å². The number of aliphatic hydroxyl groups excluding tert-OH is 1. The zero-order valence-electron chi connectivity index (χ0n) is 18.1. The third kappa shape index (κ3) is 6.86. The topological polar surface area (TPSA) is 101 Å². The van der Waals surface area contributed by atoms with Crippen molar-refractivity contribution in [3.8, 4) is 0 Å². The van der Waals surface area contributed by atoms with Gasteiger partial charge in [-0.15, -0.1) is 0 Å². The highest BCUT2D eigenvalue weighted by atomic mass is 16.7. The van der Waals surface area contributed by atoms with Crippen molar-refractivity contribution in [1.29, 1.82) is 0 Å². The van der Waals surface area contributed by atoms with Gasteiger partial charge in [0.05, 0.1) is 13.2 Å². The first-order chi connectivity index (χ1) is 15.4. The number of benzene rings is 2. The molecule has 2 aromatic rings. The molecule has 2 unspecified atom stereocenters. The smallest absolute Gasteiger partial charge is 0.305 e. The Morgan fingerprint density at radius 1 is 0.844 bits per heavy atom. The molecule has 1 aliphatic heterocycles. The summed E-state index contributed by atoms with van der Waals surface area (Å²) in [6, 6.07) is 18.8. The van der Waals surface area contributed by atoms with Gasteiger partial charge in [0.15, 0.2) is 0 Å². The molecule has 0 radical (unpaired) electrons. The zero-order chi connectivity index (χ0) is 22.9. The van der Waals surface area contributed by atoms with Crippen LogP contribution >= 0.6 is 0 Å². The van der Waals surface area contributed by atoms with E-state index in [-0.39, 0.29) is 19.8 Å². The Morgan fingerprint density at radius 2 is 1.38 bits per heavy atom. The monoisotopic (exact) mass is 444 g/mol. The molecule has 172 valence electrons. The van der Waals surface area contributed by atoms with Crippen molar-refractivity contribution in [1.82, 2.24) is 0 Å². The maximum Gasteiger partial charge on any atom is 0.305 e. The lowest BCUT2D eigenvalue weighted by Gasteiger charge is -2.43. The van der Waals surface area contributed by atoms with Crippen LogP contribution in [-0.4, -0.2) is 54.4 Å². The van der Waals surface area contributed by atoms with Crippen LogP contribution in [0.4, 0.5) is 0 Å². The van der Waals surface area contributed by atoms with Crippen LogP contribution in [0.3, 0.4) is 0 Å². The first-order valence-electron chi connectivity index (χ1n) is 10.4. The van der Waals surface area contributed by atoms with E-state index in [1.807, 2.05) is 60.7 Å². The fourth-order valence-corrected chi connectivity index (χ4v) is 3.40. The van der Waals surface area contributed by atoms with Crippen molar-refractivity contribution in [2.24, 2.45) is 0 Å². The molecule has 8 nitrogen and oxygen atoms in total. The Kier molecular flexibility index (Phi) is 8.75. The summed E-state index contributed by atoms with van der Waals surface area (Å²) in [7, 11) is 0. The summed E-state index contributed by atoms with van der Waals surface area (Å²) >= 11 is 0.